The second-order valence-electron chi connectivity index (χ2n) is 2.71. The summed E-state index contributed by atoms with van der Waals surface area (Å²) in [5, 5.41) is 2.56. The molecule has 3 N–H and O–H groups in total. The summed E-state index contributed by atoms with van der Waals surface area (Å²) in [4.78, 5) is 11.0. The molecule has 1 aromatic rings. The topological polar surface area (TPSA) is 55.1 Å². The van der Waals surface area contributed by atoms with Crippen LogP contribution in [0.5, 0.6) is 0 Å². The average molecular weight is 243 g/mol. The number of rotatable bonds is 2. The standard InChI is InChI=1S/C9H11BrN2O/c1-12-9(13)5-6-2-3-8(11)7(10)4-6/h2-4H,5,11H2,1H3,(H,12,13). The van der Waals surface area contributed by atoms with Crippen molar-refractivity contribution in [2.24, 2.45) is 0 Å². The van der Waals surface area contributed by atoms with Crippen LogP contribution in [0.15, 0.2) is 22.7 Å². The van der Waals surface area contributed by atoms with Gasteiger partial charge in [0.15, 0.2) is 0 Å². The van der Waals surface area contributed by atoms with Crippen LogP contribution in [0.3, 0.4) is 0 Å². The second kappa shape index (κ2) is 4.28. The molecule has 0 fully saturated rings. The summed E-state index contributed by atoms with van der Waals surface area (Å²) >= 11 is 3.30. The van der Waals surface area contributed by atoms with E-state index in [1.807, 2.05) is 12.1 Å². The number of carbonyl (C=O) groups excluding carboxylic acids is 1. The number of nitrogen functional groups attached to an aromatic ring is 1. The summed E-state index contributed by atoms with van der Waals surface area (Å²) in [5.41, 5.74) is 7.23. The van der Waals surface area contributed by atoms with Crippen LogP contribution in [-0.2, 0) is 11.2 Å². The fourth-order valence-corrected chi connectivity index (χ4v) is 1.38. The van der Waals surface area contributed by atoms with E-state index in [0.717, 1.165) is 10.0 Å². The Morgan fingerprint density at radius 2 is 2.31 bits per heavy atom. The third kappa shape index (κ3) is 2.73. The van der Waals surface area contributed by atoms with Crippen LogP contribution >= 0.6 is 15.9 Å². The van der Waals surface area contributed by atoms with E-state index in [0.29, 0.717) is 12.1 Å². The van der Waals surface area contributed by atoms with Crippen LogP contribution in [0.4, 0.5) is 5.69 Å². The molecule has 0 unspecified atom stereocenters. The third-order valence-corrected chi connectivity index (χ3v) is 2.40. The van der Waals surface area contributed by atoms with E-state index in [9.17, 15) is 4.79 Å². The molecule has 70 valence electrons. The highest BCUT2D eigenvalue weighted by Crippen LogP contribution is 2.20. The van der Waals surface area contributed by atoms with Crippen molar-refractivity contribution in [2.45, 2.75) is 6.42 Å². The van der Waals surface area contributed by atoms with E-state index in [1.165, 1.54) is 0 Å². The van der Waals surface area contributed by atoms with E-state index in [4.69, 9.17) is 5.73 Å². The van der Waals surface area contributed by atoms with Gasteiger partial charge in [-0.25, -0.2) is 0 Å². The Kier molecular flexibility index (Phi) is 3.31. The fourth-order valence-electron chi connectivity index (χ4n) is 0.954. The molecule has 3 nitrogen and oxygen atoms in total. The molecule has 0 saturated carbocycles. The first kappa shape index (κ1) is 10.1. The molecule has 1 amide bonds. The number of halogens is 1. The quantitative estimate of drug-likeness (QED) is 0.769. The van der Waals surface area contributed by atoms with E-state index < -0.39 is 0 Å². The van der Waals surface area contributed by atoms with Crippen LogP contribution in [0.1, 0.15) is 5.56 Å². The lowest BCUT2D eigenvalue weighted by molar-refractivity contribution is -0.119. The van der Waals surface area contributed by atoms with Crippen molar-refractivity contribution in [1.82, 2.24) is 5.32 Å². The van der Waals surface area contributed by atoms with Crippen molar-refractivity contribution >= 4 is 27.5 Å². The van der Waals surface area contributed by atoms with Crippen LogP contribution in [0, 0.1) is 0 Å². The summed E-state index contributed by atoms with van der Waals surface area (Å²) < 4.78 is 0.828. The minimum absolute atomic E-state index is 0.00308. The van der Waals surface area contributed by atoms with Gasteiger partial charge in [0.2, 0.25) is 5.91 Å². The number of amides is 1. The van der Waals surface area contributed by atoms with Crippen LogP contribution < -0.4 is 11.1 Å². The fraction of sp³-hybridized carbons (Fsp3) is 0.222. The molecule has 0 spiro atoms. The smallest absolute Gasteiger partial charge is 0.224 e. The molecule has 0 radical (unpaired) electrons. The van der Waals surface area contributed by atoms with Gasteiger partial charge in [-0.3, -0.25) is 4.79 Å². The number of anilines is 1. The predicted molar refractivity (Wildman–Crippen MR) is 56.3 cm³/mol. The first-order valence-corrected chi connectivity index (χ1v) is 4.67. The van der Waals surface area contributed by atoms with E-state index in [2.05, 4.69) is 21.2 Å². The normalized spacial score (nSPS) is 9.69. The van der Waals surface area contributed by atoms with Gasteiger partial charge in [0.25, 0.3) is 0 Å². The SMILES string of the molecule is CNC(=O)Cc1ccc(N)c(Br)c1. The molecule has 0 aliphatic heterocycles. The molecule has 0 aliphatic rings. The molecule has 0 heterocycles. The molecule has 1 aromatic carbocycles. The Morgan fingerprint density at radius 1 is 1.62 bits per heavy atom. The van der Waals surface area contributed by atoms with Crippen molar-refractivity contribution < 1.29 is 4.79 Å². The van der Waals surface area contributed by atoms with Crippen molar-refractivity contribution in [3.63, 3.8) is 0 Å². The van der Waals surface area contributed by atoms with Gasteiger partial charge in [0.1, 0.15) is 0 Å². The Balaban J connectivity index is 2.79. The first-order valence-electron chi connectivity index (χ1n) is 3.88. The zero-order valence-electron chi connectivity index (χ0n) is 7.30. The number of likely N-dealkylation sites (N-methyl/N-ethyl adjacent to an activating group) is 1. The van der Waals surface area contributed by atoms with Crippen LogP contribution in [0.25, 0.3) is 0 Å². The van der Waals surface area contributed by atoms with Gasteiger partial charge in [-0.15, -0.1) is 0 Å². The molecule has 13 heavy (non-hydrogen) atoms. The zero-order chi connectivity index (χ0) is 9.84. The van der Waals surface area contributed by atoms with Gasteiger partial charge >= 0.3 is 0 Å². The second-order valence-corrected chi connectivity index (χ2v) is 3.56. The average Bonchev–Trinajstić information content (AvgIpc) is 2.11. The Morgan fingerprint density at radius 3 is 2.85 bits per heavy atom. The van der Waals surface area contributed by atoms with E-state index in [-0.39, 0.29) is 5.91 Å². The summed E-state index contributed by atoms with van der Waals surface area (Å²) in [6, 6.07) is 5.47. The number of nitrogens with one attached hydrogen (secondary N) is 1. The van der Waals surface area contributed by atoms with Gasteiger partial charge in [-0.1, -0.05) is 6.07 Å². The summed E-state index contributed by atoms with van der Waals surface area (Å²) in [6.07, 6.45) is 0.384. The van der Waals surface area contributed by atoms with Gasteiger partial charge < -0.3 is 11.1 Å². The number of carbonyl (C=O) groups is 1. The maximum atomic E-state index is 11.0. The summed E-state index contributed by atoms with van der Waals surface area (Å²) in [5.74, 6) is -0.00308. The number of hydrogen-bond donors (Lipinski definition) is 2. The predicted octanol–water partition coefficient (Wildman–Crippen LogP) is 1.32. The molecule has 0 saturated heterocycles. The first-order chi connectivity index (χ1) is 6.13. The highest BCUT2D eigenvalue weighted by molar-refractivity contribution is 9.10. The van der Waals surface area contributed by atoms with Crippen molar-refractivity contribution in [3.05, 3.63) is 28.2 Å². The lowest BCUT2D eigenvalue weighted by Crippen LogP contribution is -2.19. The minimum atomic E-state index is -0.00308. The van der Waals surface area contributed by atoms with Crippen molar-refractivity contribution in [1.29, 1.82) is 0 Å². The monoisotopic (exact) mass is 242 g/mol. The molecule has 0 aromatic heterocycles. The summed E-state index contributed by atoms with van der Waals surface area (Å²) in [6.45, 7) is 0. The lowest BCUT2D eigenvalue weighted by Gasteiger charge is -2.02. The molecule has 0 atom stereocenters. The summed E-state index contributed by atoms with van der Waals surface area (Å²) in [7, 11) is 1.62. The Labute approximate surface area is 85.4 Å². The largest absolute Gasteiger partial charge is 0.398 e. The number of nitrogens with two attached hydrogens (primary N) is 1. The van der Waals surface area contributed by atoms with Gasteiger partial charge in [-0.2, -0.15) is 0 Å². The zero-order valence-corrected chi connectivity index (χ0v) is 8.89. The maximum Gasteiger partial charge on any atom is 0.224 e. The maximum absolute atomic E-state index is 11.0. The van der Waals surface area contributed by atoms with E-state index >= 15 is 0 Å². The van der Waals surface area contributed by atoms with Crippen LogP contribution in [0.2, 0.25) is 0 Å². The lowest BCUT2D eigenvalue weighted by atomic mass is 10.1. The van der Waals surface area contributed by atoms with Gasteiger partial charge in [-0.05, 0) is 33.6 Å². The Bertz CT molecular complexity index is 325. The minimum Gasteiger partial charge on any atom is -0.398 e. The Hall–Kier alpha value is -1.03. The molecule has 1 rings (SSSR count). The molecular formula is C9H11BrN2O. The van der Waals surface area contributed by atoms with Crippen LogP contribution in [-0.4, -0.2) is 13.0 Å². The molecule has 4 heteroatoms. The highest BCUT2D eigenvalue weighted by atomic mass is 79.9. The number of benzene rings is 1. The number of hydrogen-bond acceptors (Lipinski definition) is 2. The highest BCUT2D eigenvalue weighted by Gasteiger charge is 2.02. The van der Waals surface area contributed by atoms with Gasteiger partial charge in [0.05, 0.1) is 6.42 Å². The molecule has 0 aliphatic carbocycles. The van der Waals surface area contributed by atoms with Gasteiger partial charge in [0, 0.05) is 17.2 Å². The molecule has 0 bridgehead atoms. The van der Waals surface area contributed by atoms with Crippen molar-refractivity contribution in [3.8, 4) is 0 Å². The van der Waals surface area contributed by atoms with E-state index in [1.54, 1.807) is 13.1 Å². The molecular weight excluding hydrogens is 232 g/mol. The van der Waals surface area contributed by atoms with Crippen molar-refractivity contribution in [2.75, 3.05) is 12.8 Å². The third-order valence-electron chi connectivity index (χ3n) is 1.71.